The minimum atomic E-state index is -0.527. The predicted molar refractivity (Wildman–Crippen MR) is 113 cm³/mol. The number of hydrogen-bond donors (Lipinski definition) is 0. The summed E-state index contributed by atoms with van der Waals surface area (Å²) in [6, 6.07) is 10.7. The van der Waals surface area contributed by atoms with Crippen LogP contribution in [0.1, 0.15) is 44.2 Å². The summed E-state index contributed by atoms with van der Waals surface area (Å²) in [6.45, 7) is 6.98. The maximum absolute atomic E-state index is 12.6. The Bertz CT molecular complexity index is 1030. The van der Waals surface area contributed by atoms with Crippen LogP contribution in [-0.2, 0) is 16.0 Å². The molecule has 0 amide bonds. The van der Waals surface area contributed by atoms with Gasteiger partial charge in [0.2, 0.25) is 5.78 Å². The maximum atomic E-state index is 12.6. The van der Waals surface area contributed by atoms with Gasteiger partial charge in [-0.25, -0.2) is 9.48 Å². The number of ketones is 1. The quantitative estimate of drug-likeness (QED) is 0.306. The molecule has 1 aromatic carbocycles. The van der Waals surface area contributed by atoms with Gasteiger partial charge in [-0.2, -0.15) is 5.10 Å². The molecule has 0 atom stereocenters. The molecule has 7 heteroatoms. The highest BCUT2D eigenvalue weighted by Crippen LogP contribution is 2.17. The molecule has 0 aliphatic heterocycles. The third-order valence-corrected chi connectivity index (χ3v) is 5.12. The van der Waals surface area contributed by atoms with Gasteiger partial charge in [-0.15, -0.1) is 0 Å². The summed E-state index contributed by atoms with van der Waals surface area (Å²) in [5.41, 5.74) is 4.71. The van der Waals surface area contributed by atoms with Gasteiger partial charge in [0.05, 0.1) is 11.3 Å². The molecule has 0 saturated carbocycles. The van der Waals surface area contributed by atoms with Crippen molar-refractivity contribution in [1.82, 2.24) is 14.3 Å². The van der Waals surface area contributed by atoms with Crippen molar-refractivity contribution in [3.05, 3.63) is 70.8 Å². The minimum Gasteiger partial charge on any atom is -0.454 e. The van der Waals surface area contributed by atoms with Crippen LogP contribution in [0, 0.1) is 20.8 Å². The lowest BCUT2D eigenvalue weighted by Crippen LogP contribution is -2.15. The van der Waals surface area contributed by atoms with Gasteiger partial charge >= 0.3 is 5.97 Å². The van der Waals surface area contributed by atoms with Crippen molar-refractivity contribution < 1.29 is 19.1 Å². The summed E-state index contributed by atoms with van der Waals surface area (Å²) in [7, 11) is 1.67. The number of aryl methyl sites for hydroxylation is 2. The molecule has 3 rings (SSSR count). The average Bonchev–Trinajstić information content (AvgIpc) is 3.29. The lowest BCUT2D eigenvalue weighted by Gasteiger charge is -2.09. The summed E-state index contributed by atoms with van der Waals surface area (Å²) in [4.78, 5) is 25.0. The largest absolute Gasteiger partial charge is 0.454 e. The number of rotatable bonds is 9. The van der Waals surface area contributed by atoms with Gasteiger partial charge < -0.3 is 14.0 Å². The van der Waals surface area contributed by atoms with E-state index in [1.54, 1.807) is 42.3 Å². The highest BCUT2D eigenvalue weighted by molar-refractivity contribution is 6.00. The zero-order valence-corrected chi connectivity index (χ0v) is 17.8. The molecule has 0 N–H and O–H groups in total. The van der Waals surface area contributed by atoms with E-state index in [0.717, 1.165) is 35.7 Å². The van der Waals surface area contributed by atoms with Crippen molar-refractivity contribution in [1.29, 1.82) is 0 Å². The fourth-order valence-electron chi connectivity index (χ4n) is 3.47. The van der Waals surface area contributed by atoms with Crippen molar-refractivity contribution in [2.24, 2.45) is 0 Å². The molecule has 0 spiro atoms. The minimum absolute atomic E-state index is 0.210. The summed E-state index contributed by atoms with van der Waals surface area (Å²) in [5, 5.41) is 4.24. The first-order valence-electron chi connectivity index (χ1n) is 9.89. The fraction of sp³-hybridized carbons (Fsp3) is 0.348. The number of Topliss-reactive ketones (excluding diaryl/α,β-unsaturated/α-hetero) is 1. The monoisotopic (exact) mass is 409 g/mol. The Labute approximate surface area is 176 Å². The highest BCUT2D eigenvalue weighted by Gasteiger charge is 2.18. The van der Waals surface area contributed by atoms with Gasteiger partial charge in [0.1, 0.15) is 0 Å². The Morgan fingerprint density at radius 2 is 1.77 bits per heavy atom. The Balaban J connectivity index is 1.61. The third-order valence-electron chi connectivity index (χ3n) is 5.12. The summed E-state index contributed by atoms with van der Waals surface area (Å²) in [6.07, 6.45) is 2.58. The summed E-state index contributed by atoms with van der Waals surface area (Å²) in [5.74, 6) is -0.737. The second-order valence-corrected chi connectivity index (χ2v) is 7.21. The summed E-state index contributed by atoms with van der Waals surface area (Å²) < 4.78 is 14.2. The van der Waals surface area contributed by atoms with Crippen LogP contribution in [0.15, 0.2) is 42.6 Å². The van der Waals surface area contributed by atoms with Crippen molar-refractivity contribution in [3.63, 3.8) is 0 Å². The van der Waals surface area contributed by atoms with E-state index in [0.29, 0.717) is 17.7 Å². The number of carbonyl (C=O) groups excluding carboxylic acids is 2. The lowest BCUT2D eigenvalue weighted by atomic mass is 10.1. The molecule has 0 aliphatic rings. The number of esters is 1. The molecule has 2 aromatic heterocycles. The average molecular weight is 409 g/mol. The first-order chi connectivity index (χ1) is 14.4. The molecule has 3 aromatic rings. The molecule has 158 valence electrons. The lowest BCUT2D eigenvalue weighted by molar-refractivity contribution is 0.0474. The summed E-state index contributed by atoms with van der Waals surface area (Å²) >= 11 is 0. The van der Waals surface area contributed by atoms with E-state index in [2.05, 4.69) is 9.67 Å². The first kappa shape index (κ1) is 21.5. The van der Waals surface area contributed by atoms with Crippen LogP contribution in [0.3, 0.4) is 0 Å². The number of nitrogens with zero attached hydrogens (tertiary/aromatic N) is 3. The van der Waals surface area contributed by atoms with E-state index in [9.17, 15) is 9.59 Å². The van der Waals surface area contributed by atoms with Gasteiger partial charge in [-0.1, -0.05) is 0 Å². The van der Waals surface area contributed by atoms with Gasteiger partial charge in [0.15, 0.2) is 6.61 Å². The Kier molecular flexibility index (Phi) is 6.84. The van der Waals surface area contributed by atoms with E-state index in [1.807, 2.05) is 32.9 Å². The van der Waals surface area contributed by atoms with Gasteiger partial charge in [-0.3, -0.25) is 4.79 Å². The smallest absolute Gasteiger partial charge is 0.338 e. The molecule has 0 radical (unpaired) electrons. The van der Waals surface area contributed by atoms with E-state index >= 15 is 0 Å². The van der Waals surface area contributed by atoms with E-state index < -0.39 is 5.97 Å². The molecule has 0 fully saturated rings. The van der Waals surface area contributed by atoms with Crippen molar-refractivity contribution in [2.75, 3.05) is 20.3 Å². The molecule has 30 heavy (non-hydrogen) atoms. The zero-order valence-electron chi connectivity index (χ0n) is 17.8. The second kappa shape index (κ2) is 9.54. The van der Waals surface area contributed by atoms with Crippen LogP contribution in [0.5, 0.6) is 0 Å². The molecular weight excluding hydrogens is 382 g/mol. The van der Waals surface area contributed by atoms with Crippen LogP contribution in [0.2, 0.25) is 0 Å². The normalized spacial score (nSPS) is 10.9. The number of aromatic nitrogens is 3. The van der Waals surface area contributed by atoms with Gasteiger partial charge in [0.25, 0.3) is 0 Å². The predicted octanol–water partition coefficient (Wildman–Crippen LogP) is 3.68. The molecule has 0 aliphatic carbocycles. The number of methoxy groups -OCH3 is 1. The Hall–Kier alpha value is -3.19. The molecule has 2 heterocycles. The van der Waals surface area contributed by atoms with Crippen LogP contribution in [-0.4, -0.2) is 46.4 Å². The Morgan fingerprint density at radius 3 is 2.40 bits per heavy atom. The van der Waals surface area contributed by atoms with Crippen LogP contribution in [0.4, 0.5) is 0 Å². The Morgan fingerprint density at radius 1 is 1.03 bits per heavy atom. The second-order valence-electron chi connectivity index (χ2n) is 7.21. The number of ether oxygens (including phenoxy) is 2. The topological polar surface area (TPSA) is 75.3 Å². The maximum Gasteiger partial charge on any atom is 0.338 e. The standard InChI is InChI=1S/C23H27N3O4/c1-16-10-11-24-26(16)20-8-6-19(7-9-20)23(28)30-15-22(27)21-14-17(2)25(18(21)3)12-5-13-29-4/h6-11,14H,5,12-13,15H2,1-4H3. The molecule has 0 saturated heterocycles. The molecule has 7 nitrogen and oxygen atoms in total. The molecule has 0 bridgehead atoms. The van der Waals surface area contributed by atoms with Crippen LogP contribution < -0.4 is 0 Å². The van der Waals surface area contributed by atoms with E-state index in [1.165, 1.54) is 0 Å². The van der Waals surface area contributed by atoms with Crippen LogP contribution >= 0.6 is 0 Å². The van der Waals surface area contributed by atoms with E-state index in [4.69, 9.17) is 9.47 Å². The zero-order chi connectivity index (χ0) is 21.7. The van der Waals surface area contributed by atoms with Gasteiger partial charge in [0, 0.05) is 49.1 Å². The van der Waals surface area contributed by atoms with E-state index in [-0.39, 0.29) is 12.4 Å². The number of hydrogen-bond acceptors (Lipinski definition) is 5. The number of carbonyl (C=O) groups is 2. The SMILES string of the molecule is COCCCn1c(C)cc(C(=O)COC(=O)c2ccc(-n3nccc3C)cc2)c1C. The van der Waals surface area contributed by atoms with Crippen molar-refractivity contribution >= 4 is 11.8 Å². The number of benzene rings is 1. The highest BCUT2D eigenvalue weighted by atomic mass is 16.5. The van der Waals surface area contributed by atoms with Crippen molar-refractivity contribution in [2.45, 2.75) is 33.7 Å². The molecule has 0 unspecified atom stereocenters. The first-order valence-corrected chi connectivity index (χ1v) is 9.89. The van der Waals surface area contributed by atoms with Gasteiger partial charge in [-0.05, 0) is 63.6 Å². The van der Waals surface area contributed by atoms with Crippen molar-refractivity contribution in [3.8, 4) is 5.69 Å². The third kappa shape index (κ3) is 4.68. The van der Waals surface area contributed by atoms with Crippen LogP contribution in [0.25, 0.3) is 5.69 Å². The fourth-order valence-corrected chi connectivity index (χ4v) is 3.47. The molecular formula is C23H27N3O4.